The number of hydrogen-bond acceptors (Lipinski definition) is 3. The summed E-state index contributed by atoms with van der Waals surface area (Å²) < 4.78 is 2.14. The van der Waals surface area contributed by atoms with Gasteiger partial charge in [-0.05, 0) is 43.4 Å². The molecule has 0 radical (unpaired) electrons. The van der Waals surface area contributed by atoms with E-state index in [4.69, 9.17) is 5.73 Å². The third-order valence-electron chi connectivity index (χ3n) is 3.24. The summed E-state index contributed by atoms with van der Waals surface area (Å²) in [6.07, 6.45) is 5.87. The maximum absolute atomic E-state index is 6.01. The molecule has 0 saturated heterocycles. The van der Waals surface area contributed by atoms with E-state index in [1.54, 1.807) is 0 Å². The summed E-state index contributed by atoms with van der Waals surface area (Å²) in [5.74, 6) is 1.89. The third-order valence-corrected chi connectivity index (χ3v) is 3.94. The average Bonchev–Trinajstić information content (AvgIpc) is 2.68. The number of rotatable bonds is 6. The van der Waals surface area contributed by atoms with Gasteiger partial charge in [0.1, 0.15) is 0 Å². The van der Waals surface area contributed by atoms with E-state index in [-0.39, 0.29) is 0 Å². The van der Waals surface area contributed by atoms with Crippen LogP contribution in [0.15, 0.2) is 18.2 Å². The van der Waals surface area contributed by atoms with Gasteiger partial charge < -0.3 is 10.3 Å². The molecule has 3 nitrogen and oxygen atoms in total. The molecule has 0 saturated carbocycles. The van der Waals surface area contributed by atoms with Gasteiger partial charge in [0, 0.05) is 6.54 Å². The second kappa shape index (κ2) is 6.14. The summed E-state index contributed by atoms with van der Waals surface area (Å²) in [6.45, 7) is 3.05. The SMILES string of the molecule is CSCCCCCn1c(N)nc2c(C)cccc21. The number of benzene rings is 1. The molecule has 0 aliphatic rings. The van der Waals surface area contributed by atoms with Gasteiger partial charge in [-0.25, -0.2) is 4.98 Å². The zero-order valence-electron chi connectivity index (χ0n) is 11.1. The Hall–Kier alpha value is -1.16. The fourth-order valence-electron chi connectivity index (χ4n) is 2.23. The van der Waals surface area contributed by atoms with Gasteiger partial charge in [0.15, 0.2) is 0 Å². The lowest BCUT2D eigenvalue weighted by Gasteiger charge is -2.06. The second-order valence-corrected chi connectivity index (χ2v) is 5.60. The molecular formula is C14H21N3S. The van der Waals surface area contributed by atoms with Crippen molar-refractivity contribution < 1.29 is 0 Å². The lowest BCUT2D eigenvalue weighted by atomic mass is 10.2. The molecular weight excluding hydrogens is 242 g/mol. The number of nitrogens with two attached hydrogens (primary N) is 1. The number of thioether (sulfide) groups is 1. The molecule has 18 heavy (non-hydrogen) atoms. The molecule has 4 heteroatoms. The molecule has 1 aromatic heterocycles. The highest BCUT2D eigenvalue weighted by Gasteiger charge is 2.08. The second-order valence-electron chi connectivity index (χ2n) is 4.62. The zero-order valence-corrected chi connectivity index (χ0v) is 12.0. The molecule has 0 bridgehead atoms. The molecule has 2 aromatic rings. The van der Waals surface area contributed by atoms with E-state index in [2.05, 4.69) is 40.9 Å². The molecule has 1 heterocycles. The topological polar surface area (TPSA) is 43.8 Å². The Morgan fingerprint density at radius 3 is 2.89 bits per heavy atom. The Morgan fingerprint density at radius 2 is 2.11 bits per heavy atom. The van der Waals surface area contributed by atoms with Crippen molar-refractivity contribution in [3.8, 4) is 0 Å². The van der Waals surface area contributed by atoms with Gasteiger partial charge in [0.2, 0.25) is 5.95 Å². The first-order chi connectivity index (χ1) is 8.74. The number of imidazole rings is 1. The van der Waals surface area contributed by atoms with E-state index in [9.17, 15) is 0 Å². The van der Waals surface area contributed by atoms with Gasteiger partial charge in [-0.2, -0.15) is 11.8 Å². The van der Waals surface area contributed by atoms with Crippen LogP contribution in [0.5, 0.6) is 0 Å². The number of aryl methyl sites for hydroxylation is 2. The largest absolute Gasteiger partial charge is 0.369 e. The zero-order chi connectivity index (χ0) is 13.0. The lowest BCUT2D eigenvalue weighted by molar-refractivity contribution is 0.621. The van der Waals surface area contributed by atoms with Crippen molar-refractivity contribution in [2.75, 3.05) is 17.7 Å². The van der Waals surface area contributed by atoms with E-state index in [0.29, 0.717) is 5.95 Å². The fraction of sp³-hybridized carbons (Fsp3) is 0.500. The van der Waals surface area contributed by atoms with Crippen LogP contribution in [0.25, 0.3) is 11.0 Å². The fourth-order valence-corrected chi connectivity index (χ4v) is 2.73. The van der Waals surface area contributed by atoms with Crippen LogP contribution in [0, 0.1) is 6.92 Å². The van der Waals surface area contributed by atoms with E-state index >= 15 is 0 Å². The molecule has 1 aromatic carbocycles. The molecule has 0 unspecified atom stereocenters. The Balaban J connectivity index is 2.08. The van der Waals surface area contributed by atoms with Gasteiger partial charge >= 0.3 is 0 Å². The highest BCUT2D eigenvalue weighted by atomic mass is 32.2. The summed E-state index contributed by atoms with van der Waals surface area (Å²) >= 11 is 1.91. The predicted molar refractivity (Wildman–Crippen MR) is 81.1 cm³/mol. The third kappa shape index (κ3) is 2.80. The number of anilines is 1. The maximum Gasteiger partial charge on any atom is 0.201 e. The molecule has 0 fully saturated rings. The minimum Gasteiger partial charge on any atom is -0.369 e. The first-order valence-electron chi connectivity index (χ1n) is 6.44. The van der Waals surface area contributed by atoms with E-state index in [0.717, 1.165) is 17.6 Å². The van der Waals surface area contributed by atoms with Crippen molar-refractivity contribution in [3.63, 3.8) is 0 Å². The summed E-state index contributed by atoms with van der Waals surface area (Å²) in [5.41, 5.74) is 9.41. The predicted octanol–water partition coefficient (Wildman–Crippen LogP) is 3.46. The molecule has 98 valence electrons. The van der Waals surface area contributed by atoms with Crippen molar-refractivity contribution in [3.05, 3.63) is 23.8 Å². The molecule has 0 aliphatic heterocycles. The van der Waals surface area contributed by atoms with Crippen LogP contribution < -0.4 is 5.73 Å². The highest BCUT2D eigenvalue weighted by molar-refractivity contribution is 7.98. The number of nitrogens with zero attached hydrogens (tertiary/aromatic N) is 2. The van der Waals surface area contributed by atoms with Crippen molar-refractivity contribution in [1.29, 1.82) is 0 Å². The Bertz CT molecular complexity index is 519. The lowest BCUT2D eigenvalue weighted by Crippen LogP contribution is -2.03. The van der Waals surface area contributed by atoms with Crippen LogP contribution in [0.3, 0.4) is 0 Å². The number of para-hydroxylation sites is 1. The first-order valence-corrected chi connectivity index (χ1v) is 7.83. The van der Waals surface area contributed by atoms with Gasteiger partial charge in [-0.3, -0.25) is 0 Å². The smallest absolute Gasteiger partial charge is 0.201 e. The summed E-state index contributed by atoms with van der Waals surface area (Å²) in [7, 11) is 0. The summed E-state index contributed by atoms with van der Waals surface area (Å²) in [6, 6.07) is 6.26. The van der Waals surface area contributed by atoms with E-state index in [1.165, 1.54) is 30.6 Å². The van der Waals surface area contributed by atoms with Crippen molar-refractivity contribution in [1.82, 2.24) is 9.55 Å². The van der Waals surface area contributed by atoms with Crippen LogP contribution in [-0.4, -0.2) is 21.6 Å². The van der Waals surface area contributed by atoms with Gasteiger partial charge in [0.25, 0.3) is 0 Å². The number of hydrogen-bond donors (Lipinski definition) is 1. The van der Waals surface area contributed by atoms with Crippen LogP contribution in [0.1, 0.15) is 24.8 Å². The highest BCUT2D eigenvalue weighted by Crippen LogP contribution is 2.21. The van der Waals surface area contributed by atoms with Crippen molar-refractivity contribution in [2.24, 2.45) is 0 Å². The van der Waals surface area contributed by atoms with Crippen LogP contribution in [0.2, 0.25) is 0 Å². The number of nitrogen functional groups attached to an aromatic ring is 1. The van der Waals surface area contributed by atoms with E-state index < -0.39 is 0 Å². The summed E-state index contributed by atoms with van der Waals surface area (Å²) in [4.78, 5) is 4.46. The van der Waals surface area contributed by atoms with Crippen LogP contribution in [-0.2, 0) is 6.54 Å². The van der Waals surface area contributed by atoms with Crippen molar-refractivity contribution in [2.45, 2.75) is 32.7 Å². The van der Waals surface area contributed by atoms with Crippen molar-refractivity contribution >= 4 is 28.7 Å². The van der Waals surface area contributed by atoms with Gasteiger partial charge in [-0.15, -0.1) is 0 Å². The molecule has 0 amide bonds. The van der Waals surface area contributed by atoms with Gasteiger partial charge in [0.05, 0.1) is 11.0 Å². The molecule has 2 N–H and O–H groups in total. The minimum atomic E-state index is 0.643. The average molecular weight is 263 g/mol. The number of unbranched alkanes of at least 4 members (excludes halogenated alkanes) is 2. The monoisotopic (exact) mass is 263 g/mol. The maximum atomic E-state index is 6.01. The Kier molecular flexibility index (Phi) is 4.53. The summed E-state index contributed by atoms with van der Waals surface area (Å²) in [5, 5.41) is 0. The molecule has 0 spiro atoms. The van der Waals surface area contributed by atoms with Crippen LogP contribution >= 0.6 is 11.8 Å². The Labute approximate surface area is 113 Å². The van der Waals surface area contributed by atoms with E-state index in [1.807, 2.05) is 11.8 Å². The first kappa shape index (κ1) is 13.3. The molecule has 2 rings (SSSR count). The normalized spacial score (nSPS) is 11.2. The Morgan fingerprint density at radius 1 is 1.28 bits per heavy atom. The number of fused-ring (bicyclic) bond motifs is 1. The number of aromatic nitrogens is 2. The van der Waals surface area contributed by atoms with Gasteiger partial charge in [-0.1, -0.05) is 18.6 Å². The minimum absolute atomic E-state index is 0.643. The standard InChI is InChI=1S/C14H21N3S/c1-11-7-6-8-12-13(11)16-14(15)17(12)9-4-3-5-10-18-2/h6-8H,3-5,9-10H2,1-2H3,(H2,15,16). The quantitative estimate of drug-likeness (QED) is 0.812. The molecule has 0 atom stereocenters. The molecule has 0 aliphatic carbocycles. The van der Waals surface area contributed by atoms with Crippen LogP contribution in [0.4, 0.5) is 5.95 Å².